The predicted molar refractivity (Wildman–Crippen MR) is 106 cm³/mol. The number of aryl methyl sites for hydroxylation is 3. The standard InChI is InChI=1S/C19H22BrNO4S/c1-5-25-18(22)12-21(19-14(3)10-13(2)11-15(19)4)26(23,24)17-8-6-16(20)7-9-17/h6-11H,5,12H2,1-4H3. The van der Waals surface area contributed by atoms with Crippen LogP contribution >= 0.6 is 15.9 Å². The Morgan fingerprint density at radius 2 is 1.62 bits per heavy atom. The first kappa shape index (κ1) is 20.5. The van der Waals surface area contributed by atoms with Gasteiger partial charge in [0.2, 0.25) is 0 Å². The molecule has 0 spiro atoms. The number of hydrogen-bond acceptors (Lipinski definition) is 4. The van der Waals surface area contributed by atoms with Gasteiger partial charge < -0.3 is 4.74 Å². The van der Waals surface area contributed by atoms with Crippen molar-refractivity contribution in [3.63, 3.8) is 0 Å². The second-order valence-corrected chi connectivity index (χ2v) is 8.80. The molecule has 0 saturated carbocycles. The molecule has 0 radical (unpaired) electrons. The lowest BCUT2D eigenvalue weighted by Gasteiger charge is -2.27. The summed E-state index contributed by atoms with van der Waals surface area (Å²) < 4.78 is 33.5. The largest absolute Gasteiger partial charge is 0.465 e. The van der Waals surface area contributed by atoms with Crippen molar-refractivity contribution >= 4 is 37.6 Å². The lowest BCUT2D eigenvalue weighted by Crippen LogP contribution is -2.37. The molecule has 0 atom stereocenters. The van der Waals surface area contributed by atoms with Crippen molar-refractivity contribution < 1.29 is 17.9 Å². The number of halogens is 1. The fourth-order valence-corrected chi connectivity index (χ4v) is 4.71. The summed E-state index contributed by atoms with van der Waals surface area (Å²) in [5.74, 6) is -0.590. The Kier molecular flexibility index (Phi) is 6.47. The topological polar surface area (TPSA) is 63.7 Å². The first-order valence-electron chi connectivity index (χ1n) is 8.18. The van der Waals surface area contributed by atoms with Crippen LogP contribution in [0.5, 0.6) is 0 Å². The maximum atomic E-state index is 13.3. The zero-order valence-electron chi connectivity index (χ0n) is 15.2. The van der Waals surface area contributed by atoms with Crippen LogP contribution in [0.2, 0.25) is 0 Å². The van der Waals surface area contributed by atoms with E-state index < -0.39 is 16.0 Å². The Hall–Kier alpha value is -1.86. The van der Waals surface area contributed by atoms with E-state index in [9.17, 15) is 13.2 Å². The Labute approximate surface area is 163 Å². The molecule has 0 amide bonds. The van der Waals surface area contributed by atoms with Crippen molar-refractivity contribution in [1.82, 2.24) is 0 Å². The number of anilines is 1. The van der Waals surface area contributed by atoms with Crippen molar-refractivity contribution in [2.45, 2.75) is 32.6 Å². The van der Waals surface area contributed by atoms with Gasteiger partial charge >= 0.3 is 5.97 Å². The normalized spacial score (nSPS) is 11.3. The lowest BCUT2D eigenvalue weighted by molar-refractivity contribution is -0.141. The van der Waals surface area contributed by atoms with Gasteiger partial charge in [0, 0.05) is 4.47 Å². The Morgan fingerprint density at radius 1 is 1.08 bits per heavy atom. The number of esters is 1. The summed E-state index contributed by atoms with van der Waals surface area (Å²) in [6, 6.07) is 10.1. The molecule has 26 heavy (non-hydrogen) atoms. The van der Waals surface area contributed by atoms with E-state index in [2.05, 4.69) is 15.9 Å². The monoisotopic (exact) mass is 439 g/mol. The van der Waals surface area contributed by atoms with Gasteiger partial charge in [-0.2, -0.15) is 0 Å². The van der Waals surface area contributed by atoms with Gasteiger partial charge in [-0.3, -0.25) is 9.10 Å². The first-order valence-corrected chi connectivity index (χ1v) is 10.4. The highest BCUT2D eigenvalue weighted by Crippen LogP contribution is 2.31. The average Bonchev–Trinajstić information content (AvgIpc) is 2.53. The number of benzene rings is 2. The Morgan fingerprint density at radius 3 is 2.12 bits per heavy atom. The van der Waals surface area contributed by atoms with Crippen molar-refractivity contribution in [1.29, 1.82) is 0 Å². The summed E-state index contributed by atoms with van der Waals surface area (Å²) >= 11 is 3.30. The molecule has 0 aliphatic heterocycles. The molecule has 2 rings (SSSR count). The number of rotatable bonds is 6. The zero-order chi connectivity index (χ0) is 19.5. The highest BCUT2D eigenvalue weighted by atomic mass is 79.9. The molecule has 0 aliphatic rings. The van der Waals surface area contributed by atoms with Crippen molar-refractivity contribution in [2.24, 2.45) is 0 Å². The van der Waals surface area contributed by atoms with Gasteiger partial charge in [0.05, 0.1) is 17.2 Å². The zero-order valence-corrected chi connectivity index (χ0v) is 17.6. The quantitative estimate of drug-likeness (QED) is 0.634. The first-order chi connectivity index (χ1) is 12.2. The summed E-state index contributed by atoms with van der Waals surface area (Å²) in [6.45, 7) is 7.12. The molecule has 0 aliphatic carbocycles. The molecule has 0 saturated heterocycles. The molecule has 5 nitrogen and oxygen atoms in total. The Balaban J connectivity index is 2.61. The van der Waals surface area contributed by atoms with E-state index in [1.54, 1.807) is 19.1 Å². The predicted octanol–water partition coefficient (Wildman–Crippen LogP) is 4.13. The minimum absolute atomic E-state index is 0.115. The highest BCUT2D eigenvalue weighted by Gasteiger charge is 2.30. The SMILES string of the molecule is CCOC(=O)CN(c1c(C)cc(C)cc1C)S(=O)(=O)c1ccc(Br)cc1. The van der Waals surface area contributed by atoms with Crippen LogP contribution in [0.25, 0.3) is 0 Å². The summed E-state index contributed by atoms with van der Waals surface area (Å²) in [4.78, 5) is 12.2. The van der Waals surface area contributed by atoms with E-state index in [-0.39, 0.29) is 18.0 Å². The third-order valence-electron chi connectivity index (χ3n) is 3.86. The number of hydrogen-bond donors (Lipinski definition) is 0. The van der Waals surface area contributed by atoms with Gasteiger partial charge in [0.1, 0.15) is 6.54 Å². The molecule has 0 fully saturated rings. The maximum absolute atomic E-state index is 13.3. The second-order valence-electron chi connectivity index (χ2n) is 6.02. The third-order valence-corrected chi connectivity index (χ3v) is 6.15. The van der Waals surface area contributed by atoms with E-state index in [1.807, 2.05) is 32.9 Å². The second kappa shape index (κ2) is 8.22. The van der Waals surface area contributed by atoms with E-state index in [4.69, 9.17) is 4.74 Å². The molecule has 0 N–H and O–H groups in total. The number of carbonyl (C=O) groups is 1. The maximum Gasteiger partial charge on any atom is 0.326 e. The fourth-order valence-electron chi connectivity index (χ4n) is 2.91. The lowest BCUT2D eigenvalue weighted by atomic mass is 10.1. The van der Waals surface area contributed by atoms with Gasteiger partial charge in [-0.1, -0.05) is 33.6 Å². The van der Waals surface area contributed by atoms with Gasteiger partial charge in [-0.15, -0.1) is 0 Å². The van der Waals surface area contributed by atoms with Crippen LogP contribution < -0.4 is 4.31 Å². The van der Waals surface area contributed by atoms with Crippen LogP contribution in [0.1, 0.15) is 23.6 Å². The number of sulfonamides is 1. The number of carbonyl (C=O) groups excluding carboxylic acids is 1. The molecule has 2 aromatic carbocycles. The van der Waals surface area contributed by atoms with Crippen LogP contribution in [0.15, 0.2) is 45.8 Å². The molecule has 0 heterocycles. The Bertz CT molecular complexity index is 885. The van der Waals surface area contributed by atoms with E-state index >= 15 is 0 Å². The fraction of sp³-hybridized carbons (Fsp3) is 0.316. The minimum Gasteiger partial charge on any atom is -0.465 e. The number of nitrogens with zero attached hydrogens (tertiary/aromatic N) is 1. The molecule has 7 heteroatoms. The van der Waals surface area contributed by atoms with E-state index in [0.29, 0.717) is 5.69 Å². The van der Waals surface area contributed by atoms with E-state index in [0.717, 1.165) is 25.5 Å². The van der Waals surface area contributed by atoms with Crippen LogP contribution in [0.3, 0.4) is 0 Å². The van der Waals surface area contributed by atoms with E-state index in [1.165, 1.54) is 12.1 Å². The van der Waals surface area contributed by atoms with Crippen LogP contribution in [0, 0.1) is 20.8 Å². The summed E-state index contributed by atoms with van der Waals surface area (Å²) in [7, 11) is -3.93. The van der Waals surface area contributed by atoms with Crippen LogP contribution in [-0.4, -0.2) is 27.5 Å². The van der Waals surface area contributed by atoms with Crippen molar-refractivity contribution in [2.75, 3.05) is 17.5 Å². The van der Waals surface area contributed by atoms with Crippen molar-refractivity contribution in [3.05, 3.63) is 57.6 Å². The summed E-state index contributed by atoms with van der Waals surface area (Å²) in [5, 5.41) is 0. The average molecular weight is 440 g/mol. The molecule has 2 aromatic rings. The van der Waals surface area contributed by atoms with Gasteiger partial charge in [0.15, 0.2) is 0 Å². The van der Waals surface area contributed by atoms with Gasteiger partial charge in [-0.05, 0) is 63.1 Å². The smallest absolute Gasteiger partial charge is 0.326 e. The van der Waals surface area contributed by atoms with Gasteiger partial charge in [-0.25, -0.2) is 8.42 Å². The summed E-state index contributed by atoms with van der Waals surface area (Å²) in [6.07, 6.45) is 0. The molecule has 0 bridgehead atoms. The molecular weight excluding hydrogens is 418 g/mol. The summed E-state index contributed by atoms with van der Waals surface area (Å²) in [5.41, 5.74) is 3.10. The third kappa shape index (κ3) is 4.45. The van der Waals surface area contributed by atoms with Gasteiger partial charge in [0.25, 0.3) is 10.0 Å². The molecular formula is C19H22BrNO4S. The molecule has 0 unspecified atom stereocenters. The van der Waals surface area contributed by atoms with Crippen LogP contribution in [-0.2, 0) is 19.6 Å². The number of ether oxygens (including phenoxy) is 1. The molecule has 140 valence electrons. The minimum atomic E-state index is -3.93. The van der Waals surface area contributed by atoms with Crippen LogP contribution in [0.4, 0.5) is 5.69 Å². The highest BCUT2D eigenvalue weighted by molar-refractivity contribution is 9.10. The molecule has 0 aromatic heterocycles. The van der Waals surface area contributed by atoms with Crippen molar-refractivity contribution in [3.8, 4) is 0 Å².